The summed E-state index contributed by atoms with van der Waals surface area (Å²) in [4.78, 5) is 29.3. The second-order valence-electron chi connectivity index (χ2n) is 8.18. The topological polar surface area (TPSA) is 79.7 Å². The van der Waals surface area contributed by atoms with E-state index < -0.39 is 0 Å². The molecule has 1 aliphatic rings. The fourth-order valence-corrected chi connectivity index (χ4v) is 3.94. The molecule has 0 atom stereocenters. The zero-order valence-electron chi connectivity index (χ0n) is 19.2. The number of nitrogens with one attached hydrogen (secondary N) is 1. The number of anilines is 3. The number of piperazine rings is 1. The van der Waals surface area contributed by atoms with Crippen LogP contribution in [0.4, 0.5) is 17.2 Å². The Kier molecular flexibility index (Phi) is 6.63. The van der Waals surface area contributed by atoms with Crippen LogP contribution in [-0.2, 0) is 11.3 Å². The SMILES string of the molecule is COc1ccccc1N1CCN(c2ccc(=O)n(CC(=O)Nc3ccc(C)c(C)c3)n2)CC1. The van der Waals surface area contributed by atoms with E-state index in [0.29, 0.717) is 11.5 Å². The molecule has 1 aliphatic heterocycles. The van der Waals surface area contributed by atoms with Crippen LogP contribution in [0.2, 0.25) is 0 Å². The van der Waals surface area contributed by atoms with Crippen molar-refractivity contribution in [2.24, 2.45) is 0 Å². The minimum Gasteiger partial charge on any atom is -0.495 e. The maximum atomic E-state index is 12.5. The number of para-hydroxylation sites is 2. The molecule has 0 radical (unpaired) electrons. The number of carbonyl (C=O) groups excluding carboxylic acids is 1. The Morgan fingerprint density at radius 1 is 0.970 bits per heavy atom. The first-order valence-corrected chi connectivity index (χ1v) is 11.0. The van der Waals surface area contributed by atoms with Gasteiger partial charge in [0.2, 0.25) is 5.91 Å². The number of carbonyl (C=O) groups is 1. The molecular formula is C25H29N5O3. The maximum Gasteiger partial charge on any atom is 0.267 e. The summed E-state index contributed by atoms with van der Waals surface area (Å²) in [7, 11) is 1.68. The highest BCUT2D eigenvalue weighted by molar-refractivity contribution is 5.90. The minimum atomic E-state index is -0.304. The Morgan fingerprint density at radius 2 is 1.70 bits per heavy atom. The van der Waals surface area contributed by atoms with Crippen molar-refractivity contribution in [1.82, 2.24) is 9.78 Å². The number of amides is 1. The molecule has 2 heterocycles. The van der Waals surface area contributed by atoms with Crippen molar-refractivity contribution in [3.05, 3.63) is 76.1 Å². The molecule has 1 amide bonds. The van der Waals surface area contributed by atoms with Gasteiger partial charge in [0.25, 0.3) is 5.56 Å². The number of methoxy groups -OCH3 is 1. The van der Waals surface area contributed by atoms with Gasteiger partial charge in [-0.25, -0.2) is 4.68 Å². The van der Waals surface area contributed by atoms with Crippen LogP contribution in [0, 0.1) is 13.8 Å². The highest BCUT2D eigenvalue weighted by Crippen LogP contribution is 2.28. The third-order valence-corrected chi connectivity index (χ3v) is 5.97. The lowest BCUT2D eigenvalue weighted by Gasteiger charge is -2.37. The standard InChI is InChI=1S/C25H29N5O3/c1-18-8-9-20(16-19(18)2)26-24(31)17-30-25(32)11-10-23(27-30)29-14-12-28(13-15-29)21-6-4-5-7-22(21)33-3/h4-11,16H,12-15,17H2,1-3H3,(H,26,31). The monoisotopic (exact) mass is 447 g/mol. The number of benzene rings is 2. The molecule has 1 aromatic heterocycles. The molecular weight excluding hydrogens is 418 g/mol. The summed E-state index contributed by atoms with van der Waals surface area (Å²) >= 11 is 0. The van der Waals surface area contributed by atoms with Crippen LogP contribution in [0.3, 0.4) is 0 Å². The van der Waals surface area contributed by atoms with Gasteiger partial charge in [0, 0.05) is 37.9 Å². The second kappa shape index (κ2) is 9.77. The third kappa shape index (κ3) is 5.16. The number of nitrogens with zero attached hydrogens (tertiary/aromatic N) is 4. The van der Waals surface area contributed by atoms with Gasteiger partial charge in [0.15, 0.2) is 0 Å². The summed E-state index contributed by atoms with van der Waals surface area (Å²) in [5.41, 5.74) is 3.73. The summed E-state index contributed by atoms with van der Waals surface area (Å²) in [5.74, 6) is 1.26. The smallest absolute Gasteiger partial charge is 0.267 e. The zero-order chi connectivity index (χ0) is 23.4. The van der Waals surface area contributed by atoms with Gasteiger partial charge in [-0.05, 0) is 55.3 Å². The predicted octanol–water partition coefficient (Wildman–Crippen LogP) is 2.83. The zero-order valence-corrected chi connectivity index (χ0v) is 19.2. The molecule has 1 fully saturated rings. The van der Waals surface area contributed by atoms with Crippen molar-refractivity contribution < 1.29 is 9.53 Å². The van der Waals surface area contributed by atoms with Crippen LogP contribution in [0.5, 0.6) is 5.75 Å². The number of aromatic nitrogens is 2. The molecule has 8 heteroatoms. The number of hydrogen-bond acceptors (Lipinski definition) is 6. The highest BCUT2D eigenvalue weighted by atomic mass is 16.5. The average Bonchev–Trinajstić information content (AvgIpc) is 2.83. The molecule has 0 bridgehead atoms. The van der Waals surface area contributed by atoms with Crippen LogP contribution in [-0.4, -0.2) is 49.0 Å². The van der Waals surface area contributed by atoms with Crippen molar-refractivity contribution in [2.45, 2.75) is 20.4 Å². The first kappa shape index (κ1) is 22.4. The summed E-state index contributed by atoms with van der Waals surface area (Å²) in [6, 6.07) is 16.9. The largest absolute Gasteiger partial charge is 0.495 e. The van der Waals surface area contributed by atoms with Crippen molar-refractivity contribution in [2.75, 3.05) is 48.4 Å². The fraction of sp³-hybridized carbons (Fsp3) is 0.320. The fourth-order valence-electron chi connectivity index (χ4n) is 3.94. The molecule has 8 nitrogen and oxygen atoms in total. The molecule has 0 unspecified atom stereocenters. The van der Waals surface area contributed by atoms with Gasteiger partial charge in [0.1, 0.15) is 18.1 Å². The lowest BCUT2D eigenvalue weighted by atomic mass is 10.1. The molecule has 1 saturated heterocycles. The summed E-state index contributed by atoms with van der Waals surface area (Å²) in [6.07, 6.45) is 0. The van der Waals surface area contributed by atoms with E-state index in [1.54, 1.807) is 13.2 Å². The molecule has 0 aliphatic carbocycles. The normalized spacial score (nSPS) is 13.7. The van der Waals surface area contributed by atoms with Crippen molar-refractivity contribution in [3.8, 4) is 5.75 Å². The summed E-state index contributed by atoms with van der Waals surface area (Å²) in [5, 5.41) is 7.32. The molecule has 0 saturated carbocycles. The lowest BCUT2D eigenvalue weighted by Crippen LogP contribution is -2.47. The van der Waals surface area contributed by atoms with Crippen LogP contribution >= 0.6 is 0 Å². The average molecular weight is 448 g/mol. The Morgan fingerprint density at radius 3 is 2.42 bits per heavy atom. The maximum absolute atomic E-state index is 12.5. The number of hydrogen-bond donors (Lipinski definition) is 1. The molecule has 4 rings (SSSR count). The van der Waals surface area contributed by atoms with E-state index in [1.807, 2.05) is 50.2 Å². The highest BCUT2D eigenvalue weighted by Gasteiger charge is 2.21. The van der Waals surface area contributed by atoms with Crippen LogP contribution < -0.4 is 25.4 Å². The van der Waals surface area contributed by atoms with E-state index >= 15 is 0 Å². The molecule has 1 N–H and O–H groups in total. The molecule has 172 valence electrons. The van der Waals surface area contributed by atoms with Gasteiger partial charge in [-0.2, -0.15) is 5.10 Å². The van der Waals surface area contributed by atoms with Gasteiger partial charge in [-0.1, -0.05) is 18.2 Å². The van der Waals surface area contributed by atoms with E-state index in [9.17, 15) is 9.59 Å². The molecule has 33 heavy (non-hydrogen) atoms. The number of aryl methyl sites for hydroxylation is 2. The predicted molar refractivity (Wildman–Crippen MR) is 130 cm³/mol. The number of rotatable bonds is 6. The van der Waals surface area contributed by atoms with Gasteiger partial charge in [0.05, 0.1) is 12.8 Å². The van der Waals surface area contributed by atoms with E-state index in [4.69, 9.17) is 4.74 Å². The Bertz CT molecular complexity index is 1200. The van der Waals surface area contributed by atoms with Crippen molar-refractivity contribution >= 4 is 23.1 Å². The van der Waals surface area contributed by atoms with Crippen LogP contribution in [0.1, 0.15) is 11.1 Å². The van der Waals surface area contributed by atoms with Crippen LogP contribution in [0.25, 0.3) is 0 Å². The van der Waals surface area contributed by atoms with Crippen LogP contribution in [0.15, 0.2) is 59.4 Å². The van der Waals surface area contributed by atoms with E-state index in [-0.39, 0.29) is 18.0 Å². The molecule has 0 spiro atoms. The Labute approximate surface area is 193 Å². The number of ether oxygens (including phenoxy) is 1. The first-order valence-electron chi connectivity index (χ1n) is 11.0. The van der Waals surface area contributed by atoms with Crippen molar-refractivity contribution in [3.63, 3.8) is 0 Å². The van der Waals surface area contributed by atoms with E-state index in [0.717, 1.165) is 48.7 Å². The van der Waals surface area contributed by atoms with E-state index in [2.05, 4.69) is 26.3 Å². The summed E-state index contributed by atoms with van der Waals surface area (Å²) in [6.45, 7) is 6.97. The van der Waals surface area contributed by atoms with Gasteiger partial charge < -0.3 is 19.9 Å². The van der Waals surface area contributed by atoms with Gasteiger partial charge in [-0.3, -0.25) is 9.59 Å². The lowest BCUT2D eigenvalue weighted by molar-refractivity contribution is -0.117. The van der Waals surface area contributed by atoms with Gasteiger partial charge in [-0.15, -0.1) is 0 Å². The Hall–Kier alpha value is -3.81. The van der Waals surface area contributed by atoms with E-state index in [1.165, 1.54) is 10.7 Å². The second-order valence-corrected chi connectivity index (χ2v) is 8.18. The first-order chi connectivity index (χ1) is 15.9. The van der Waals surface area contributed by atoms with Gasteiger partial charge >= 0.3 is 0 Å². The minimum absolute atomic E-state index is 0.138. The molecule has 3 aromatic rings. The quantitative estimate of drug-likeness (QED) is 0.626. The molecule has 2 aromatic carbocycles. The van der Waals surface area contributed by atoms with Crippen molar-refractivity contribution in [1.29, 1.82) is 0 Å². The Balaban J connectivity index is 1.41. The third-order valence-electron chi connectivity index (χ3n) is 5.97. The summed E-state index contributed by atoms with van der Waals surface area (Å²) < 4.78 is 6.71.